The number of thiophene rings is 1. The van der Waals surface area contributed by atoms with E-state index >= 15 is 0 Å². The van der Waals surface area contributed by atoms with Gasteiger partial charge in [-0.2, -0.15) is 0 Å². The van der Waals surface area contributed by atoms with Gasteiger partial charge in [0.25, 0.3) is 0 Å². The average Bonchev–Trinajstić information content (AvgIpc) is 2.80. The molecule has 1 fully saturated rings. The molecule has 2 heterocycles. The van der Waals surface area contributed by atoms with E-state index in [1.165, 1.54) is 24.3 Å². The number of rotatable bonds is 4. The highest BCUT2D eigenvalue weighted by Crippen LogP contribution is 2.33. The summed E-state index contributed by atoms with van der Waals surface area (Å²) in [6, 6.07) is 5.06. The molecule has 108 valence electrons. The van der Waals surface area contributed by atoms with Gasteiger partial charge in [0.05, 0.1) is 0 Å². The molecule has 1 aromatic rings. The van der Waals surface area contributed by atoms with Crippen molar-refractivity contribution in [2.45, 2.75) is 52.1 Å². The van der Waals surface area contributed by atoms with E-state index in [1.54, 1.807) is 0 Å². The van der Waals surface area contributed by atoms with Crippen molar-refractivity contribution in [1.29, 1.82) is 0 Å². The third-order valence-corrected chi connectivity index (χ3v) is 5.31. The van der Waals surface area contributed by atoms with E-state index in [0.29, 0.717) is 12.0 Å². The van der Waals surface area contributed by atoms with E-state index in [0.717, 1.165) is 13.1 Å². The summed E-state index contributed by atoms with van der Waals surface area (Å²) in [7, 11) is 0. The summed E-state index contributed by atoms with van der Waals surface area (Å²) in [4.78, 5) is 4.23. The molecule has 1 aliphatic rings. The SMILES string of the molecule is CCC1(C)CN(C(c2cccs2)C(C)C)CCCN1. The molecular weight excluding hydrogens is 252 g/mol. The van der Waals surface area contributed by atoms with Crippen molar-refractivity contribution in [3.8, 4) is 0 Å². The van der Waals surface area contributed by atoms with Crippen LogP contribution in [0.15, 0.2) is 17.5 Å². The summed E-state index contributed by atoms with van der Waals surface area (Å²) in [6.07, 6.45) is 2.45. The highest BCUT2D eigenvalue weighted by atomic mass is 32.1. The molecule has 0 radical (unpaired) electrons. The summed E-state index contributed by atoms with van der Waals surface area (Å²) in [6.45, 7) is 12.9. The standard InChI is InChI=1S/C16H28N2S/c1-5-16(4)12-18(10-7-9-17-16)15(13(2)3)14-8-6-11-19-14/h6,8,11,13,15,17H,5,7,9-10,12H2,1-4H3. The zero-order valence-corrected chi connectivity index (χ0v) is 13.6. The lowest BCUT2D eigenvalue weighted by atomic mass is 9.95. The van der Waals surface area contributed by atoms with Gasteiger partial charge in [0, 0.05) is 29.5 Å². The highest BCUT2D eigenvalue weighted by molar-refractivity contribution is 7.10. The number of hydrogen-bond acceptors (Lipinski definition) is 3. The second-order valence-corrected chi connectivity index (χ2v) is 7.35. The van der Waals surface area contributed by atoms with Gasteiger partial charge in [-0.05, 0) is 43.7 Å². The fraction of sp³-hybridized carbons (Fsp3) is 0.750. The number of hydrogen-bond donors (Lipinski definition) is 1. The van der Waals surface area contributed by atoms with Crippen molar-refractivity contribution in [2.75, 3.05) is 19.6 Å². The van der Waals surface area contributed by atoms with Crippen molar-refractivity contribution >= 4 is 11.3 Å². The molecule has 2 atom stereocenters. The zero-order valence-electron chi connectivity index (χ0n) is 12.8. The quantitative estimate of drug-likeness (QED) is 0.899. The van der Waals surface area contributed by atoms with Gasteiger partial charge < -0.3 is 5.32 Å². The lowest BCUT2D eigenvalue weighted by Crippen LogP contribution is -2.49. The highest BCUT2D eigenvalue weighted by Gasteiger charge is 2.32. The predicted molar refractivity (Wildman–Crippen MR) is 84.8 cm³/mol. The Labute approximate surface area is 122 Å². The van der Waals surface area contributed by atoms with Crippen LogP contribution in [0.1, 0.15) is 51.5 Å². The van der Waals surface area contributed by atoms with Crippen LogP contribution in [0.25, 0.3) is 0 Å². The summed E-state index contributed by atoms with van der Waals surface area (Å²) < 4.78 is 0. The molecular formula is C16H28N2S. The maximum Gasteiger partial charge on any atom is 0.0465 e. The third kappa shape index (κ3) is 3.59. The molecule has 2 rings (SSSR count). The Balaban J connectivity index is 2.21. The normalized spacial score (nSPS) is 27.4. The first-order chi connectivity index (χ1) is 9.06. The fourth-order valence-corrected chi connectivity index (χ4v) is 4.15. The summed E-state index contributed by atoms with van der Waals surface area (Å²) in [5.41, 5.74) is 0.265. The maximum atomic E-state index is 3.74. The molecule has 0 bridgehead atoms. The minimum Gasteiger partial charge on any atom is -0.310 e. The molecule has 0 spiro atoms. The Hall–Kier alpha value is -0.380. The smallest absolute Gasteiger partial charge is 0.0465 e. The molecule has 2 nitrogen and oxygen atoms in total. The number of nitrogens with one attached hydrogen (secondary N) is 1. The Morgan fingerprint density at radius 2 is 2.26 bits per heavy atom. The third-order valence-electron chi connectivity index (χ3n) is 4.37. The van der Waals surface area contributed by atoms with Crippen molar-refractivity contribution in [1.82, 2.24) is 10.2 Å². The maximum absolute atomic E-state index is 3.74. The average molecular weight is 280 g/mol. The van der Waals surface area contributed by atoms with Crippen LogP contribution in [0.3, 0.4) is 0 Å². The first-order valence-electron chi connectivity index (χ1n) is 7.58. The molecule has 1 aromatic heterocycles. The summed E-state index contributed by atoms with van der Waals surface area (Å²) in [5.74, 6) is 0.665. The first kappa shape index (κ1) is 15.0. The second-order valence-electron chi connectivity index (χ2n) is 6.37. The monoisotopic (exact) mass is 280 g/mol. The van der Waals surface area contributed by atoms with E-state index in [9.17, 15) is 0 Å². The number of nitrogens with zero attached hydrogens (tertiary/aromatic N) is 1. The zero-order chi connectivity index (χ0) is 13.9. The van der Waals surface area contributed by atoms with E-state index in [2.05, 4.69) is 55.4 Å². The molecule has 3 heteroatoms. The molecule has 1 saturated heterocycles. The van der Waals surface area contributed by atoms with Gasteiger partial charge >= 0.3 is 0 Å². The van der Waals surface area contributed by atoms with E-state index in [1.807, 2.05) is 11.3 Å². The Kier molecular flexibility index (Phi) is 5.04. The lowest BCUT2D eigenvalue weighted by Gasteiger charge is -2.38. The van der Waals surface area contributed by atoms with Crippen LogP contribution in [-0.4, -0.2) is 30.1 Å². The van der Waals surface area contributed by atoms with Gasteiger partial charge in [0.1, 0.15) is 0 Å². The van der Waals surface area contributed by atoms with Crippen LogP contribution in [0.4, 0.5) is 0 Å². The topological polar surface area (TPSA) is 15.3 Å². The van der Waals surface area contributed by atoms with Gasteiger partial charge in [-0.15, -0.1) is 11.3 Å². The second kappa shape index (κ2) is 6.38. The van der Waals surface area contributed by atoms with Crippen LogP contribution in [0.5, 0.6) is 0 Å². The lowest BCUT2D eigenvalue weighted by molar-refractivity contribution is 0.130. The first-order valence-corrected chi connectivity index (χ1v) is 8.46. The molecule has 2 unspecified atom stereocenters. The molecule has 0 aromatic carbocycles. The van der Waals surface area contributed by atoms with Crippen molar-refractivity contribution in [3.63, 3.8) is 0 Å². The Morgan fingerprint density at radius 3 is 2.84 bits per heavy atom. The van der Waals surface area contributed by atoms with Crippen LogP contribution in [0.2, 0.25) is 0 Å². The fourth-order valence-electron chi connectivity index (χ4n) is 3.12. The van der Waals surface area contributed by atoms with Crippen molar-refractivity contribution in [3.05, 3.63) is 22.4 Å². The minimum atomic E-state index is 0.265. The molecule has 0 saturated carbocycles. The van der Waals surface area contributed by atoms with Gasteiger partial charge in [0.2, 0.25) is 0 Å². The van der Waals surface area contributed by atoms with Crippen molar-refractivity contribution in [2.24, 2.45) is 5.92 Å². The van der Waals surface area contributed by atoms with Gasteiger partial charge in [-0.3, -0.25) is 4.90 Å². The minimum absolute atomic E-state index is 0.265. The van der Waals surface area contributed by atoms with Crippen molar-refractivity contribution < 1.29 is 0 Å². The summed E-state index contributed by atoms with van der Waals surface area (Å²) >= 11 is 1.91. The van der Waals surface area contributed by atoms with Gasteiger partial charge in [-0.1, -0.05) is 26.8 Å². The van der Waals surface area contributed by atoms with Crippen LogP contribution >= 0.6 is 11.3 Å². The molecule has 1 aliphatic heterocycles. The predicted octanol–water partition coefficient (Wildman–Crippen LogP) is 3.91. The molecule has 0 amide bonds. The largest absolute Gasteiger partial charge is 0.310 e. The van der Waals surface area contributed by atoms with E-state index < -0.39 is 0 Å². The Morgan fingerprint density at radius 1 is 1.47 bits per heavy atom. The van der Waals surface area contributed by atoms with E-state index in [4.69, 9.17) is 0 Å². The van der Waals surface area contributed by atoms with Gasteiger partial charge in [-0.25, -0.2) is 0 Å². The van der Waals surface area contributed by atoms with Crippen LogP contribution < -0.4 is 5.32 Å². The molecule has 19 heavy (non-hydrogen) atoms. The van der Waals surface area contributed by atoms with Crippen LogP contribution in [-0.2, 0) is 0 Å². The molecule has 1 N–H and O–H groups in total. The van der Waals surface area contributed by atoms with Crippen LogP contribution in [0, 0.1) is 5.92 Å². The summed E-state index contributed by atoms with van der Waals surface area (Å²) in [5, 5.41) is 5.95. The van der Waals surface area contributed by atoms with Gasteiger partial charge in [0.15, 0.2) is 0 Å². The Bertz CT molecular complexity index is 374. The molecule has 0 aliphatic carbocycles. The van der Waals surface area contributed by atoms with E-state index in [-0.39, 0.29) is 5.54 Å².